The zero-order valence-electron chi connectivity index (χ0n) is 23.8. The number of carboxylic acids is 2. The average molecular weight is 661 g/mol. The summed E-state index contributed by atoms with van der Waals surface area (Å²) in [6, 6.07) is 17.5. The number of nitrogens with one attached hydrogen (secondary N) is 2. The minimum Gasteiger partial charge on any atom is -0.475 e. The van der Waals surface area contributed by atoms with Gasteiger partial charge >= 0.3 is 24.3 Å². The zero-order chi connectivity index (χ0) is 35.2. The summed E-state index contributed by atoms with van der Waals surface area (Å²) >= 11 is 0. The lowest BCUT2D eigenvalue weighted by Crippen LogP contribution is -2.51. The van der Waals surface area contributed by atoms with Gasteiger partial charge in [-0.05, 0) is 30.4 Å². The highest BCUT2D eigenvalue weighted by molar-refractivity contribution is 5.95. The summed E-state index contributed by atoms with van der Waals surface area (Å²) in [5.74, 6) is -6.54. The number of benzene rings is 2. The van der Waals surface area contributed by atoms with Crippen LogP contribution in [0.4, 0.5) is 26.3 Å². The van der Waals surface area contributed by atoms with E-state index < -0.39 is 42.3 Å². The summed E-state index contributed by atoms with van der Waals surface area (Å²) in [5.41, 5.74) is 14.2. The van der Waals surface area contributed by atoms with Crippen molar-refractivity contribution in [2.24, 2.45) is 17.4 Å². The van der Waals surface area contributed by atoms with Crippen LogP contribution < -0.4 is 16.8 Å². The molecule has 2 amide bonds. The van der Waals surface area contributed by atoms with Gasteiger partial charge in [0.2, 0.25) is 11.8 Å². The number of hydrogen-bond donors (Lipinski definition) is 6. The molecule has 0 aromatic heterocycles. The van der Waals surface area contributed by atoms with Crippen LogP contribution in [-0.4, -0.2) is 75.7 Å². The van der Waals surface area contributed by atoms with E-state index in [2.05, 4.69) is 11.4 Å². The van der Waals surface area contributed by atoms with Crippen molar-refractivity contribution in [3.63, 3.8) is 0 Å². The Morgan fingerprint density at radius 2 is 1.46 bits per heavy atom. The first-order chi connectivity index (χ1) is 21.3. The number of aliphatic carboxylic acids is 2. The summed E-state index contributed by atoms with van der Waals surface area (Å²) < 4.78 is 63.5. The van der Waals surface area contributed by atoms with E-state index in [1.54, 1.807) is 24.3 Å². The van der Waals surface area contributed by atoms with Gasteiger partial charge in [0.1, 0.15) is 11.9 Å². The van der Waals surface area contributed by atoms with Crippen molar-refractivity contribution in [2.45, 2.75) is 50.2 Å². The second kappa shape index (κ2) is 17.3. The molecule has 3 atom stereocenters. The van der Waals surface area contributed by atoms with E-state index in [1.165, 1.54) is 4.90 Å². The maximum atomic E-state index is 13.0. The second-order valence-electron chi connectivity index (χ2n) is 9.63. The number of likely N-dealkylation sites (tertiary alicyclic amines) is 1. The molecule has 1 aliphatic rings. The van der Waals surface area contributed by atoms with Crippen LogP contribution in [0.3, 0.4) is 0 Å². The van der Waals surface area contributed by atoms with Crippen molar-refractivity contribution in [3.05, 3.63) is 71.3 Å². The molecular formula is C28H30F6N6O6. The third-order valence-electron chi connectivity index (χ3n) is 6.19. The number of amides is 2. The number of aryl methyl sites for hydroxylation is 1. The SMILES string of the molecule is N#C[C@H]1C[C@@H](C(=O)NCc2ccc(C(=N)N)cc2)N(C(=O)C(N)CCc2ccccc2)C1.O=C(O)C(F)(F)F.O=C(O)C(F)(F)F. The average Bonchev–Trinajstić information content (AvgIpc) is 3.43. The molecule has 0 aliphatic carbocycles. The van der Waals surface area contributed by atoms with Crippen LogP contribution in [0, 0.1) is 22.7 Å². The molecule has 0 spiro atoms. The normalized spacial score (nSPS) is 16.3. The molecule has 1 saturated heterocycles. The quantitative estimate of drug-likeness (QED) is 0.139. The summed E-state index contributed by atoms with van der Waals surface area (Å²) in [4.78, 5) is 45.1. The van der Waals surface area contributed by atoms with Gasteiger partial charge in [0.05, 0.1) is 18.0 Å². The first kappa shape index (κ1) is 38.8. The van der Waals surface area contributed by atoms with Gasteiger partial charge in [0.15, 0.2) is 0 Å². The number of amidine groups is 1. The molecule has 0 saturated carbocycles. The molecule has 2 aromatic rings. The van der Waals surface area contributed by atoms with E-state index in [9.17, 15) is 41.2 Å². The summed E-state index contributed by atoms with van der Waals surface area (Å²) in [6.45, 7) is 0.479. The highest BCUT2D eigenvalue weighted by atomic mass is 19.4. The Morgan fingerprint density at radius 1 is 0.957 bits per heavy atom. The van der Waals surface area contributed by atoms with Crippen molar-refractivity contribution in [2.75, 3.05) is 6.54 Å². The highest BCUT2D eigenvalue weighted by Crippen LogP contribution is 2.24. The molecule has 46 heavy (non-hydrogen) atoms. The lowest BCUT2D eigenvalue weighted by molar-refractivity contribution is -0.193. The first-order valence-corrected chi connectivity index (χ1v) is 13.1. The molecule has 0 bridgehead atoms. The van der Waals surface area contributed by atoms with Crippen LogP contribution in [-0.2, 0) is 32.1 Å². The number of nitrogen functional groups attached to an aromatic ring is 1. The Labute approximate surface area is 258 Å². The Kier molecular flexibility index (Phi) is 14.6. The molecule has 12 nitrogen and oxygen atoms in total. The molecule has 8 N–H and O–H groups in total. The lowest BCUT2D eigenvalue weighted by atomic mass is 10.0. The maximum absolute atomic E-state index is 13.0. The number of rotatable bonds is 8. The van der Waals surface area contributed by atoms with E-state index in [0.717, 1.165) is 11.1 Å². The minimum absolute atomic E-state index is 0.0214. The fourth-order valence-corrected chi connectivity index (χ4v) is 3.83. The first-order valence-electron chi connectivity index (χ1n) is 13.1. The van der Waals surface area contributed by atoms with Gasteiger partial charge in [-0.3, -0.25) is 15.0 Å². The topological polar surface area (TPSA) is 224 Å². The monoisotopic (exact) mass is 660 g/mol. The number of hydrogen-bond acceptors (Lipinski definition) is 7. The van der Waals surface area contributed by atoms with Gasteiger partial charge in [0, 0.05) is 18.7 Å². The van der Waals surface area contributed by atoms with E-state index in [4.69, 9.17) is 36.7 Å². The molecule has 1 aliphatic heterocycles. The van der Waals surface area contributed by atoms with Gasteiger partial charge in [-0.1, -0.05) is 54.6 Å². The molecule has 2 aromatic carbocycles. The number of nitriles is 1. The van der Waals surface area contributed by atoms with Crippen LogP contribution in [0.25, 0.3) is 0 Å². The Bertz CT molecular complexity index is 1370. The Hall–Kier alpha value is -5.18. The number of carboxylic acid groups (broad SMARTS) is 2. The number of alkyl halides is 6. The molecule has 250 valence electrons. The van der Waals surface area contributed by atoms with E-state index >= 15 is 0 Å². The third-order valence-corrected chi connectivity index (χ3v) is 6.19. The van der Waals surface area contributed by atoms with Crippen molar-refractivity contribution in [1.29, 1.82) is 10.7 Å². The molecule has 18 heteroatoms. The predicted octanol–water partition coefficient (Wildman–Crippen LogP) is 2.55. The molecule has 1 unspecified atom stereocenters. The predicted molar refractivity (Wildman–Crippen MR) is 149 cm³/mol. The number of carbonyl (C=O) groups is 4. The molecule has 1 heterocycles. The summed E-state index contributed by atoms with van der Waals surface area (Å²) in [6.07, 6.45) is -8.74. The summed E-state index contributed by atoms with van der Waals surface area (Å²) in [5, 5.41) is 33.9. The Morgan fingerprint density at radius 3 is 1.89 bits per heavy atom. The fraction of sp³-hybridized carbons (Fsp3) is 0.357. The number of carbonyl (C=O) groups excluding carboxylic acids is 2. The van der Waals surface area contributed by atoms with E-state index in [1.807, 2.05) is 30.3 Å². The van der Waals surface area contributed by atoms with Crippen LogP contribution in [0.5, 0.6) is 0 Å². The third kappa shape index (κ3) is 13.2. The van der Waals surface area contributed by atoms with Crippen LogP contribution in [0.1, 0.15) is 29.5 Å². The second-order valence-corrected chi connectivity index (χ2v) is 9.63. The van der Waals surface area contributed by atoms with Gasteiger partial charge in [0.25, 0.3) is 0 Å². The molecule has 0 radical (unpaired) electrons. The number of nitrogens with zero attached hydrogens (tertiary/aromatic N) is 2. The van der Waals surface area contributed by atoms with Gasteiger partial charge in [-0.15, -0.1) is 0 Å². The lowest BCUT2D eigenvalue weighted by Gasteiger charge is -2.26. The number of halogens is 6. The molecule has 3 rings (SSSR count). The van der Waals surface area contributed by atoms with Crippen LogP contribution in [0.15, 0.2) is 54.6 Å². The standard InChI is InChI=1S/C24H28N6O2.2C2HF3O2/c25-13-18-12-21(23(31)29-14-17-6-9-19(10-7-17)22(27)28)30(15-18)24(32)20(26)11-8-16-4-2-1-3-5-16;2*3-2(4,5)1(6)7/h1-7,9-10,18,20-21H,8,11-12,14-15,26H2,(H3,27,28)(H,29,31);2*(H,6,7)/t18-,20?,21+;;/m1../s1. The molecular weight excluding hydrogens is 630 g/mol. The zero-order valence-corrected chi connectivity index (χ0v) is 23.8. The maximum Gasteiger partial charge on any atom is 0.490 e. The summed E-state index contributed by atoms with van der Waals surface area (Å²) in [7, 11) is 0. The van der Waals surface area contributed by atoms with Crippen molar-refractivity contribution >= 4 is 29.6 Å². The highest BCUT2D eigenvalue weighted by Gasteiger charge is 2.41. The number of nitrogens with two attached hydrogens (primary N) is 2. The van der Waals surface area contributed by atoms with Crippen molar-refractivity contribution in [3.8, 4) is 6.07 Å². The van der Waals surface area contributed by atoms with Crippen molar-refractivity contribution < 1.29 is 55.7 Å². The van der Waals surface area contributed by atoms with Gasteiger partial charge in [-0.2, -0.15) is 31.6 Å². The van der Waals surface area contributed by atoms with Crippen molar-refractivity contribution in [1.82, 2.24) is 10.2 Å². The smallest absolute Gasteiger partial charge is 0.475 e. The van der Waals surface area contributed by atoms with Crippen LogP contribution in [0.2, 0.25) is 0 Å². The van der Waals surface area contributed by atoms with E-state index in [0.29, 0.717) is 24.8 Å². The largest absolute Gasteiger partial charge is 0.490 e. The van der Waals surface area contributed by atoms with E-state index in [-0.39, 0.29) is 30.7 Å². The minimum atomic E-state index is -5.08. The molecule has 1 fully saturated rings. The van der Waals surface area contributed by atoms with Gasteiger partial charge in [-0.25, -0.2) is 9.59 Å². The van der Waals surface area contributed by atoms with Gasteiger partial charge < -0.3 is 31.9 Å². The fourth-order valence-electron chi connectivity index (χ4n) is 3.83. The Balaban J connectivity index is 0.000000629. The van der Waals surface area contributed by atoms with Crippen LogP contribution >= 0.6 is 0 Å².